The molecule has 1 unspecified atom stereocenters. The molecule has 0 radical (unpaired) electrons. The van der Waals surface area contributed by atoms with Crippen molar-refractivity contribution in [1.29, 1.82) is 0 Å². The minimum absolute atomic E-state index is 0.214. The van der Waals surface area contributed by atoms with Gasteiger partial charge < -0.3 is 10.1 Å². The van der Waals surface area contributed by atoms with Crippen LogP contribution in [-0.4, -0.2) is 13.7 Å². The molecule has 1 aliphatic heterocycles. The van der Waals surface area contributed by atoms with E-state index in [0.29, 0.717) is 5.02 Å². The number of fused-ring (bicyclic) bond motifs is 1. The second-order valence-electron chi connectivity index (χ2n) is 5.18. The summed E-state index contributed by atoms with van der Waals surface area (Å²) in [5.74, 6) is 0.743. The molecule has 0 saturated heterocycles. The summed E-state index contributed by atoms with van der Waals surface area (Å²) in [6.45, 7) is 3.12. The normalized spacial score (nSPS) is 17.6. The van der Waals surface area contributed by atoms with Crippen molar-refractivity contribution in [3.05, 3.63) is 63.7 Å². The zero-order chi connectivity index (χ0) is 14.1. The SMILES string of the molecule is COc1cc2c(cc1Cl)CCNC2c1ccccc1C. The molecule has 0 spiro atoms. The van der Waals surface area contributed by atoms with Crippen molar-refractivity contribution in [2.45, 2.75) is 19.4 Å². The van der Waals surface area contributed by atoms with E-state index in [-0.39, 0.29) is 6.04 Å². The van der Waals surface area contributed by atoms with E-state index in [2.05, 4.69) is 42.6 Å². The molecule has 0 saturated carbocycles. The molecular formula is C17H18ClNO. The molecule has 2 aromatic carbocycles. The third-order valence-corrected chi connectivity index (χ3v) is 4.26. The van der Waals surface area contributed by atoms with E-state index in [1.165, 1.54) is 22.3 Å². The van der Waals surface area contributed by atoms with Crippen LogP contribution in [0.25, 0.3) is 0 Å². The van der Waals surface area contributed by atoms with E-state index in [1.807, 2.05) is 6.07 Å². The van der Waals surface area contributed by atoms with Crippen molar-refractivity contribution in [2.75, 3.05) is 13.7 Å². The van der Waals surface area contributed by atoms with Crippen LogP contribution in [0.15, 0.2) is 36.4 Å². The molecule has 3 rings (SSSR count). The highest BCUT2D eigenvalue weighted by molar-refractivity contribution is 6.32. The summed E-state index contributed by atoms with van der Waals surface area (Å²) in [5.41, 5.74) is 5.19. The number of ether oxygens (including phenoxy) is 1. The van der Waals surface area contributed by atoms with Crippen LogP contribution < -0.4 is 10.1 Å². The predicted molar refractivity (Wildman–Crippen MR) is 82.7 cm³/mol. The van der Waals surface area contributed by atoms with Gasteiger partial charge in [0, 0.05) is 6.54 Å². The molecule has 1 atom stereocenters. The maximum absolute atomic E-state index is 6.24. The van der Waals surface area contributed by atoms with Crippen LogP contribution >= 0.6 is 11.6 Å². The van der Waals surface area contributed by atoms with Gasteiger partial charge in [-0.05, 0) is 47.7 Å². The van der Waals surface area contributed by atoms with Gasteiger partial charge in [-0.25, -0.2) is 0 Å². The molecule has 2 nitrogen and oxygen atoms in total. The number of benzene rings is 2. The maximum atomic E-state index is 6.24. The van der Waals surface area contributed by atoms with Crippen LogP contribution in [0.1, 0.15) is 28.3 Å². The van der Waals surface area contributed by atoms with Gasteiger partial charge >= 0.3 is 0 Å². The van der Waals surface area contributed by atoms with E-state index in [4.69, 9.17) is 16.3 Å². The molecule has 1 heterocycles. The largest absolute Gasteiger partial charge is 0.495 e. The highest BCUT2D eigenvalue weighted by Crippen LogP contribution is 2.36. The lowest BCUT2D eigenvalue weighted by molar-refractivity contribution is 0.413. The summed E-state index contributed by atoms with van der Waals surface area (Å²) in [4.78, 5) is 0. The molecule has 2 aromatic rings. The number of methoxy groups -OCH3 is 1. The van der Waals surface area contributed by atoms with Gasteiger partial charge in [0.2, 0.25) is 0 Å². The lowest BCUT2D eigenvalue weighted by Crippen LogP contribution is -2.31. The lowest BCUT2D eigenvalue weighted by atomic mass is 9.88. The Morgan fingerprint density at radius 1 is 1.20 bits per heavy atom. The third-order valence-electron chi connectivity index (χ3n) is 3.97. The van der Waals surface area contributed by atoms with Crippen molar-refractivity contribution < 1.29 is 4.74 Å². The van der Waals surface area contributed by atoms with Crippen molar-refractivity contribution >= 4 is 11.6 Å². The van der Waals surface area contributed by atoms with Gasteiger partial charge in [0.15, 0.2) is 0 Å². The highest BCUT2D eigenvalue weighted by Gasteiger charge is 2.24. The number of rotatable bonds is 2. The minimum atomic E-state index is 0.214. The molecule has 1 N–H and O–H groups in total. The number of nitrogens with one attached hydrogen (secondary N) is 1. The summed E-state index contributed by atoms with van der Waals surface area (Å²) in [5, 5.41) is 4.30. The standard InChI is InChI=1S/C17H18ClNO/c1-11-5-3-4-6-13(11)17-14-10-16(20-2)15(18)9-12(14)7-8-19-17/h3-6,9-10,17,19H,7-8H2,1-2H3. The summed E-state index contributed by atoms with van der Waals surface area (Å²) >= 11 is 6.24. The third kappa shape index (κ3) is 2.30. The Hall–Kier alpha value is -1.51. The van der Waals surface area contributed by atoms with E-state index in [0.717, 1.165) is 18.7 Å². The summed E-state index contributed by atoms with van der Waals surface area (Å²) < 4.78 is 5.37. The molecule has 3 heteroatoms. The van der Waals surface area contributed by atoms with Crippen molar-refractivity contribution in [3.8, 4) is 5.75 Å². The summed E-state index contributed by atoms with van der Waals surface area (Å²) in [6, 6.07) is 12.8. The Balaban J connectivity index is 2.12. The van der Waals surface area contributed by atoms with Crippen LogP contribution in [0.4, 0.5) is 0 Å². The fourth-order valence-electron chi connectivity index (χ4n) is 2.90. The molecule has 0 aromatic heterocycles. The Labute approximate surface area is 124 Å². The van der Waals surface area contributed by atoms with Gasteiger partial charge in [-0.15, -0.1) is 0 Å². The van der Waals surface area contributed by atoms with Gasteiger partial charge in [0.25, 0.3) is 0 Å². The molecule has 20 heavy (non-hydrogen) atoms. The van der Waals surface area contributed by atoms with Crippen LogP contribution in [0.2, 0.25) is 5.02 Å². The van der Waals surface area contributed by atoms with Crippen LogP contribution in [0, 0.1) is 6.92 Å². The summed E-state index contributed by atoms with van der Waals surface area (Å²) in [7, 11) is 1.66. The van der Waals surface area contributed by atoms with E-state index in [9.17, 15) is 0 Å². The lowest BCUT2D eigenvalue weighted by Gasteiger charge is -2.29. The summed E-state index contributed by atoms with van der Waals surface area (Å²) in [6.07, 6.45) is 1.00. The first-order chi connectivity index (χ1) is 9.70. The van der Waals surface area contributed by atoms with Crippen LogP contribution in [0.3, 0.4) is 0 Å². The smallest absolute Gasteiger partial charge is 0.137 e. The van der Waals surface area contributed by atoms with E-state index >= 15 is 0 Å². The van der Waals surface area contributed by atoms with E-state index < -0.39 is 0 Å². The molecule has 0 amide bonds. The van der Waals surface area contributed by atoms with Crippen molar-refractivity contribution in [1.82, 2.24) is 5.32 Å². The maximum Gasteiger partial charge on any atom is 0.137 e. The zero-order valence-electron chi connectivity index (χ0n) is 11.7. The molecule has 104 valence electrons. The number of hydrogen-bond donors (Lipinski definition) is 1. The first kappa shape index (κ1) is 13.5. The zero-order valence-corrected chi connectivity index (χ0v) is 12.5. The first-order valence-electron chi connectivity index (χ1n) is 6.86. The van der Waals surface area contributed by atoms with E-state index in [1.54, 1.807) is 7.11 Å². The van der Waals surface area contributed by atoms with Crippen LogP contribution in [-0.2, 0) is 6.42 Å². The average Bonchev–Trinajstić information content (AvgIpc) is 2.46. The van der Waals surface area contributed by atoms with Gasteiger partial charge in [-0.2, -0.15) is 0 Å². The Bertz CT molecular complexity index is 639. The van der Waals surface area contributed by atoms with Gasteiger partial charge in [0.1, 0.15) is 5.75 Å². The molecule has 0 bridgehead atoms. The topological polar surface area (TPSA) is 21.3 Å². The fraction of sp³-hybridized carbons (Fsp3) is 0.294. The Kier molecular flexibility index (Phi) is 3.68. The molecule has 0 aliphatic carbocycles. The molecular weight excluding hydrogens is 270 g/mol. The highest BCUT2D eigenvalue weighted by atomic mass is 35.5. The average molecular weight is 288 g/mol. The quantitative estimate of drug-likeness (QED) is 0.905. The fourth-order valence-corrected chi connectivity index (χ4v) is 3.16. The van der Waals surface area contributed by atoms with Crippen molar-refractivity contribution in [3.63, 3.8) is 0 Å². The van der Waals surface area contributed by atoms with Crippen LogP contribution in [0.5, 0.6) is 5.75 Å². The monoisotopic (exact) mass is 287 g/mol. The molecule has 1 aliphatic rings. The number of hydrogen-bond acceptors (Lipinski definition) is 2. The predicted octanol–water partition coefficient (Wildman–Crippen LogP) is 3.89. The Morgan fingerprint density at radius 2 is 2.00 bits per heavy atom. The minimum Gasteiger partial charge on any atom is -0.495 e. The van der Waals surface area contributed by atoms with Gasteiger partial charge in [-0.1, -0.05) is 35.9 Å². The second kappa shape index (κ2) is 5.47. The van der Waals surface area contributed by atoms with Crippen molar-refractivity contribution in [2.24, 2.45) is 0 Å². The number of halogens is 1. The van der Waals surface area contributed by atoms with Gasteiger partial charge in [-0.3, -0.25) is 0 Å². The Morgan fingerprint density at radius 3 is 2.75 bits per heavy atom. The van der Waals surface area contributed by atoms with Gasteiger partial charge in [0.05, 0.1) is 18.2 Å². The first-order valence-corrected chi connectivity index (χ1v) is 7.23. The molecule has 0 fully saturated rings. The second-order valence-corrected chi connectivity index (χ2v) is 5.59. The number of aryl methyl sites for hydroxylation is 1.